The largest absolute Gasteiger partial charge is 0.343 e. The van der Waals surface area contributed by atoms with Crippen molar-refractivity contribution in [2.75, 3.05) is 0 Å². The molecule has 0 rings (SSSR count). The quantitative estimate of drug-likeness (QED) is 0.601. The lowest BCUT2D eigenvalue weighted by Crippen LogP contribution is -2.29. The maximum Gasteiger partial charge on any atom is 0.0396 e. The molecule has 0 aliphatic heterocycles. The average molecular weight is 233 g/mol. The summed E-state index contributed by atoms with van der Waals surface area (Å²) in [5.41, 5.74) is 5.18. The lowest BCUT2D eigenvalue weighted by atomic mass is 10.1. The molecular weight excluding hydrogens is 206 g/mol. The highest BCUT2D eigenvalue weighted by Crippen LogP contribution is 2.24. The molecule has 0 saturated heterocycles. The Bertz CT molecular complexity index is 350. The van der Waals surface area contributed by atoms with E-state index >= 15 is 0 Å². The van der Waals surface area contributed by atoms with E-state index in [1.165, 1.54) is 22.5 Å². The van der Waals surface area contributed by atoms with Crippen LogP contribution in [0.5, 0.6) is 0 Å². The highest BCUT2D eigenvalue weighted by atomic mass is 15.2. The van der Waals surface area contributed by atoms with Crippen molar-refractivity contribution in [3.63, 3.8) is 0 Å². The van der Waals surface area contributed by atoms with E-state index in [1.54, 1.807) is 0 Å². The molecule has 0 N–H and O–H groups in total. The Labute approximate surface area is 107 Å². The van der Waals surface area contributed by atoms with E-state index in [0.29, 0.717) is 6.04 Å². The summed E-state index contributed by atoms with van der Waals surface area (Å²) in [5.74, 6) is 0. The summed E-state index contributed by atoms with van der Waals surface area (Å²) in [6, 6.07) is 0.448. The summed E-state index contributed by atoms with van der Waals surface area (Å²) < 4.78 is 0. The fraction of sp³-hybridized carbons (Fsp3) is 0.500. The van der Waals surface area contributed by atoms with Gasteiger partial charge in [-0.05, 0) is 54.0 Å². The van der Waals surface area contributed by atoms with Gasteiger partial charge in [0.1, 0.15) is 0 Å². The van der Waals surface area contributed by atoms with Crippen LogP contribution in [0.3, 0.4) is 0 Å². The van der Waals surface area contributed by atoms with Gasteiger partial charge in [0.05, 0.1) is 0 Å². The van der Waals surface area contributed by atoms with Crippen molar-refractivity contribution in [1.29, 1.82) is 0 Å². The van der Waals surface area contributed by atoms with Gasteiger partial charge in [-0.3, -0.25) is 0 Å². The van der Waals surface area contributed by atoms with Gasteiger partial charge in [-0.25, -0.2) is 0 Å². The Morgan fingerprint density at radius 1 is 1.12 bits per heavy atom. The first-order chi connectivity index (χ1) is 7.86. The van der Waals surface area contributed by atoms with Crippen molar-refractivity contribution in [3.8, 4) is 0 Å². The van der Waals surface area contributed by atoms with Crippen LogP contribution < -0.4 is 0 Å². The minimum absolute atomic E-state index is 0.448. The molecule has 0 spiro atoms. The van der Waals surface area contributed by atoms with Crippen molar-refractivity contribution in [3.05, 3.63) is 47.3 Å². The van der Waals surface area contributed by atoms with E-state index in [0.717, 1.165) is 0 Å². The van der Waals surface area contributed by atoms with E-state index in [9.17, 15) is 0 Å². The molecule has 0 atom stereocenters. The molecule has 0 aliphatic carbocycles. The first kappa shape index (κ1) is 15.8. The molecule has 0 unspecified atom stereocenters. The Morgan fingerprint density at radius 3 is 1.94 bits per heavy atom. The number of rotatable bonds is 5. The van der Waals surface area contributed by atoms with E-state index in [-0.39, 0.29) is 0 Å². The molecule has 0 radical (unpaired) electrons. The molecule has 0 fully saturated rings. The van der Waals surface area contributed by atoms with Crippen molar-refractivity contribution in [1.82, 2.24) is 4.90 Å². The van der Waals surface area contributed by atoms with Crippen molar-refractivity contribution >= 4 is 0 Å². The van der Waals surface area contributed by atoms with Gasteiger partial charge in [0.2, 0.25) is 0 Å². The minimum atomic E-state index is 0.448. The second kappa shape index (κ2) is 7.16. The summed E-state index contributed by atoms with van der Waals surface area (Å²) in [5, 5.41) is 0. The predicted molar refractivity (Wildman–Crippen MR) is 78.7 cm³/mol. The second-order valence-electron chi connectivity index (χ2n) is 4.81. The Balaban J connectivity index is 5.55. The summed E-state index contributed by atoms with van der Waals surface area (Å²) >= 11 is 0. The van der Waals surface area contributed by atoms with Crippen LogP contribution in [0.1, 0.15) is 48.5 Å². The topological polar surface area (TPSA) is 3.24 Å². The van der Waals surface area contributed by atoms with Crippen molar-refractivity contribution in [2.45, 2.75) is 54.5 Å². The van der Waals surface area contributed by atoms with Gasteiger partial charge in [0.25, 0.3) is 0 Å². The average Bonchev–Trinajstić information content (AvgIpc) is 2.24. The summed E-state index contributed by atoms with van der Waals surface area (Å²) in [7, 11) is 0. The molecule has 1 heteroatoms. The normalized spacial score (nSPS) is 12.7. The molecular formula is C16H27N. The lowest BCUT2D eigenvalue weighted by molar-refractivity contribution is 0.355. The molecule has 0 heterocycles. The molecule has 0 aliphatic rings. The molecule has 0 aromatic carbocycles. The third-order valence-electron chi connectivity index (χ3n) is 2.91. The highest BCUT2D eigenvalue weighted by Gasteiger charge is 2.16. The van der Waals surface area contributed by atoms with Gasteiger partial charge in [-0.15, -0.1) is 0 Å². The number of nitrogens with zero attached hydrogens (tertiary/aromatic N) is 1. The Morgan fingerprint density at radius 2 is 1.65 bits per heavy atom. The van der Waals surface area contributed by atoms with Crippen LogP contribution in [-0.2, 0) is 0 Å². The zero-order valence-electron chi connectivity index (χ0n) is 12.5. The van der Waals surface area contributed by atoms with Crippen LogP contribution in [0.2, 0.25) is 0 Å². The molecule has 0 amide bonds. The van der Waals surface area contributed by atoms with Gasteiger partial charge >= 0.3 is 0 Å². The second-order valence-corrected chi connectivity index (χ2v) is 4.81. The molecule has 0 aromatic rings. The number of hydrogen-bond acceptors (Lipinski definition) is 1. The van der Waals surface area contributed by atoms with Crippen LogP contribution in [0.15, 0.2) is 47.3 Å². The zero-order chi connectivity index (χ0) is 13.6. The monoisotopic (exact) mass is 233 g/mol. The first-order valence-corrected chi connectivity index (χ1v) is 6.26. The molecule has 0 aromatic heterocycles. The Kier molecular flexibility index (Phi) is 6.64. The standard InChI is InChI=1S/C16H27N/c1-9-11-14(7)16(10-2)17(13(5)6)15(8)12(3)4/h9-11,13H,1H2,2-8H3/b14-11-,16-10+. The SMILES string of the molecule is C=C/C=C(C)\C(=C/C)N(C(C)=C(C)C)C(C)C. The maximum atomic E-state index is 3.77. The molecule has 96 valence electrons. The number of hydrogen-bond donors (Lipinski definition) is 0. The van der Waals surface area contributed by atoms with Crippen LogP contribution >= 0.6 is 0 Å². The minimum Gasteiger partial charge on any atom is -0.343 e. The van der Waals surface area contributed by atoms with Crippen LogP contribution in [0.25, 0.3) is 0 Å². The predicted octanol–water partition coefficient (Wildman–Crippen LogP) is 5.05. The molecule has 0 saturated carbocycles. The molecule has 1 nitrogen and oxygen atoms in total. The van der Waals surface area contributed by atoms with E-state index < -0.39 is 0 Å². The lowest BCUT2D eigenvalue weighted by Gasteiger charge is -2.33. The molecule has 17 heavy (non-hydrogen) atoms. The van der Waals surface area contributed by atoms with Gasteiger partial charge in [-0.2, -0.15) is 0 Å². The summed E-state index contributed by atoms with van der Waals surface area (Å²) in [4.78, 5) is 2.38. The zero-order valence-corrected chi connectivity index (χ0v) is 12.5. The first-order valence-electron chi connectivity index (χ1n) is 6.26. The summed E-state index contributed by atoms with van der Waals surface area (Å²) in [6.07, 6.45) is 6.07. The molecule has 0 bridgehead atoms. The third-order valence-corrected chi connectivity index (χ3v) is 2.91. The van der Waals surface area contributed by atoms with E-state index in [4.69, 9.17) is 0 Å². The van der Waals surface area contributed by atoms with Gasteiger partial charge in [-0.1, -0.05) is 30.4 Å². The maximum absolute atomic E-state index is 3.77. The van der Waals surface area contributed by atoms with Crippen molar-refractivity contribution < 1.29 is 0 Å². The van der Waals surface area contributed by atoms with Crippen LogP contribution in [0, 0.1) is 0 Å². The van der Waals surface area contributed by atoms with Crippen LogP contribution in [-0.4, -0.2) is 10.9 Å². The fourth-order valence-electron chi connectivity index (χ4n) is 1.91. The van der Waals surface area contributed by atoms with Gasteiger partial charge in [0, 0.05) is 17.4 Å². The number of allylic oxidation sites excluding steroid dienone is 6. The Hall–Kier alpha value is -1.24. The highest BCUT2D eigenvalue weighted by molar-refractivity contribution is 5.34. The fourth-order valence-corrected chi connectivity index (χ4v) is 1.91. The van der Waals surface area contributed by atoms with Gasteiger partial charge < -0.3 is 4.90 Å². The van der Waals surface area contributed by atoms with Gasteiger partial charge in [0.15, 0.2) is 0 Å². The summed E-state index contributed by atoms with van der Waals surface area (Å²) in [6.45, 7) is 18.9. The van der Waals surface area contributed by atoms with Crippen molar-refractivity contribution in [2.24, 2.45) is 0 Å². The van der Waals surface area contributed by atoms with Crippen LogP contribution in [0.4, 0.5) is 0 Å². The van der Waals surface area contributed by atoms with E-state index in [2.05, 4.69) is 72.1 Å². The van der Waals surface area contributed by atoms with E-state index in [1.807, 2.05) is 6.08 Å². The third kappa shape index (κ3) is 4.26. The smallest absolute Gasteiger partial charge is 0.0396 e.